The molecule has 2 aromatic rings. The van der Waals surface area contributed by atoms with E-state index in [1.54, 1.807) is 6.92 Å². The molecule has 1 atom stereocenters. The molecular formula is C26H31N3O6. The summed E-state index contributed by atoms with van der Waals surface area (Å²) < 4.78 is 5.49. The number of likely N-dealkylation sites (N-methyl/N-ethyl adjacent to an activating group) is 1. The molecule has 0 aromatic heterocycles. The van der Waals surface area contributed by atoms with Gasteiger partial charge in [-0.1, -0.05) is 48.5 Å². The maximum atomic E-state index is 12.8. The van der Waals surface area contributed by atoms with E-state index in [1.807, 2.05) is 48.5 Å². The lowest BCUT2D eigenvalue weighted by Gasteiger charge is -2.27. The van der Waals surface area contributed by atoms with Crippen LogP contribution in [0.25, 0.3) is 11.1 Å². The van der Waals surface area contributed by atoms with E-state index >= 15 is 0 Å². The van der Waals surface area contributed by atoms with Gasteiger partial charge in [0.15, 0.2) is 0 Å². The zero-order chi connectivity index (χ0) is 25.6. The van der Waals surface area contributed by atoms with Crippen LogP contribution in [0.15, 0.2) is 48.5 Å². The minimum absolute atomic E-state index is 0.0531. The van der Waals surface area contributed by atoms with Crippen LogP contribution in [0.2, 0.25) is 0 Å². The first kappa shape index (κ1) is 25.7. The minimum Gasteiger partial charge on any atom is -0.481 e. The fourth-order valence-corrected chi connectivity index (χ4v) is 4.15. The van der Waals surface area contributed by atoms with Gasteiger partial charge in [0, 0.05) is 18.9 Å². The van der Waals surface area contributed by atoms with E-state index in [1.165, 1.54) is 13.8 Å². The van der Waals surface area contributed by atoms with Gasteiger partial charge in [-0.15, -0.1) is 0 Å². The molecule has 0 heterocycles. The quantitative estimate of drug-likeness (QED) is 0.412. The third kappa shape index (κ3) is 6.17. The fraction of sp³-hybridized carbons (Fsp3) is 0.385. The number of amides is 3. The zero-order valence-electron chi connectivity index (χ0n) is 20.1. The smallest absolute Gasteiger partial charge is 0.407 e. The number of nitrogens with one attached hydrogen (secondary N) is 3. The van der Waals surface area contributed by atoms with Crippen LogP contribution in [0.3, 0.4) is 0 Å². The summed E-state index contributed by atoms with van der Waals surface area (Å²) in [6.45, 7) is 5.25. The Morgan fingerprint density at radius 2 is 1.57 bits per heavy atom. The summed E-state index contributed by atoms with van der Waals surface area (Å²) in [5.41, 5.74) is 3.01. The molecule has 9 nitrogen and oxygen atoms in total. The molecule has 186 valence electrons. The lowest BCUT2D eigenvalue weighted by atomic mass is 9.98. The predicted molar refractivity (Wildman–Crippen MR) is 130 cm³/mol. The molecule has 3 rings (SSSR count). The van der Waals surface area contributed by atoms with Gasteiger partial charge in [0.05, 0.1) is 0 Å². The third-order valence-corrected chi connectivity index (χ3v) is 5.94. The van der Waals surface area contributed by atoms with Gasteiger partial charge in [-0.2, -0.15) is 0 Å². The van der Waals surface area contributed by atoms with Crippen LogP contribution in [0.1, 0.15) is 50.7 Å². The van der Waals surface area contributed by atoms with Crippen molar-refractivity contribution in [3.8, 4) is 11.1 Å². The molecule has 9 heteroatoms. The number of ether oxygens (including phenoxy) is 1. The van der Waals surface area contributed by atoms with Crippen LogP contribution < -0.4 is 16.0 Å². The summed E-state index contributed by atoms with van der Waals surface area (Å²) in [6.07, 6.45) is -1.34. The van der Waals surface area contributed by atoms with Crippen molar-refractivity contribution in [3.05, 3.63) is 59.7 Å². The van der Waals surface area contributed by atoms with Crippen molar-refractivity contribution in [2.24, 2.45) is 0 Å². The van der Waals surface area contributed by atoms with Gasteiger partial charge in [0.1, 0.15) is 18.2 Å². The molecule has 4 N–H and O–H groups in total. The van der Waals surface area contributed by atoms with E-state index in [0.29, 0.717) is 6.54 Å². The molecule has 1 aliphatic rings. The summed E-state index contributed by atoms with van der Waals surface area (Å²) in [6, 6.07) is 14.6. The second-order valence-corrected chi connectivity index (χ2v) is 8.93. The van der Waals surface area contributed by atoms with Crippen molar-refractivity contribution in [1.29, 1.82) is 0 Å². The van der Waals surface area contributed by atoms with Crippen molar-refractivity contribution < 1.29 is 29.0 Å². The summed E-state index contributed by atoms with van der Waals surface area (Å²) in [7, 11) is 0. The van der Waals surface area contributed by atoms with Crippen molar-refractivity contribution in [2.75, 3.05) is 13.2 Å². The van der Waals surface area contributed by atoms with Gasteiger partial charge < -0.3 is 25.8 Å². The van der Waals surface area contributed by atoms with Crippen molar-refractivity contribution in [1.82, 2.24) is 16.0 Å². The Bertz CT molecular complexity index is 1070. The molecule has 0 saturated heterocycles. The molecule has 0 spiro atoms. The molecular weight excluding hydrogens is 450 g/mol. The van der Waals surface area contributed by atoms with Crippen LogP contribution in [-0.2, 0) is 19.1 Å². The molecule has 3 amide bonds. The molecule has 0 aliphatic heterocycles. The third-order valence-electron chi connectivity index (χ3n) is 5.94. The number of carbonyl (C=O) groups excluding carboxylic acids is 3. The monoisotopic (exact) mass is 481 g/mol. The Kier molecular flexibility index (Phi) is 8.11. The van der Waals surface area contributed by atoms with Gasteiger partial charge in [-0.25, -0.2) is 4.79 Å². The first-order valence-electron chi connectivity index (χ1n) is 11.6. The number of hydrogen-bond acceptors (Lipinski definition) is 5. The van der Waals surface area contributed by atoms with E-state index in [9.17, 15) is 19.2 Å². The fourth-order valence-electron chi connectivity index (χ4n) is 4.15. The lowest BCUT2D eigenvalue weighted by Crippen LogP contribution is -2.59. The number of alkyl carbamates (subject to hydrolysis) is 1. The first-order chi connectivity index (χ1) is 16.6. The molecule has 0 bridgehead atoms. The number of carbonyl (C=O) groups is 4. The van der Waals surface area contributed by atoms with Crippen molar-refractivity contribution >= 4 is 23.9 Å². The Balaban J connectivity index is 1.67. The molecule has 2 aromatic carbocycles. The van der Waals surface area contributed by atoms with Gasteiger partial charge >= 0.3 is 12.1 Å². The molecule has 1 aliphatic carbocycles. The van der Waals surface area contributed by atoms with E-state index in [2.05, 4.69) is 16.0 Å². The van der Waals surface area contributed by atoms with Gasteiger partial charge in [-0.05, 0) is 49.4 Å². The van der Waals surface area contributed by atoms with Crippen LogP contribution in [0, 0.1) is 0 Å². The number of aliphatic carboxylic acids is 1. The number of hydrogen-bond donors (Lipinski definition) is 4. The number of rotatable bonds is 10. The summed E-state index contributed by atoms with van der Waals surface area (Å²) >= 11 is 0. The highest BCUT2D eigenvalue weighted by molar-refractivity contribution is 5.93. The normalized spacial score (nSPS) is 13.2. The van der Waals surface area contributed by atoms with E-state index < -0.39 is 35.5 Å². The van der Waals surface area contributed by atoms with Crippen LogP contribution in [0.4, 0.5) is 4.79 Å². The molecule has 0 radical (unpaired) electrons. The Labute approximate surface area is 204 Å². The SMILES string of the molecule is CCNC(=O)C(C)(C)NC(=O)C(CCC(=O)O)NC(=O)OCC1c2ccccc2-c2ccccc21. The maximum absolute atomic E-state index is 12.8. The largest absolute Gasteiger partial charge is 0.481 e. The number of fused-ring (bicyclic) bond motifs is 3. The van der Waals surface area contributed by atoms with E-state index in [0.717, 1.165) is 22.3 Å². The second-order valence-electron chi connectivity index (χ2n) is 8.93. The van der Waals surface area contributed by atoms with Crippen LogP contribution in [-0.4, -0.2) is 53.7 Å². The number of benzene rings is 2. The average molecular weight is 482 g/mol. The predicted octanol–water partition coefficient (Wildman–Crippen LogP) is 2.79. The van der Waals surface area contributed by atoms with Gasteiger partial charge in [0.2, 0.25) is 11.8 Å². The van der Waals surface area contributed by atoms with E-state index in [4.69, 9.17) is 9.84 Å². The number of carboxylic acids is 1. The highest BCUT2D eigenvalue weighted by Crippen LogP contribution is 2.44. The minimum atomic E-state index is -1.25. The molecule has 0 saturated carbocycles. The average Bonchev–Trinajstić information content (AvgIpc) is 3.14. The second kappa shape index (κ2) is 11.0. The summed E-state index contributed by atoms with van der Waals surface area (Å²) in [4.78, 5) is 48.8. The van der Waals surface area contributed by atoms with Crippen LogP contribution in [0.5, 0.6) is 0 Å². The Hall–Kier alpha value is -3.88. The summed E-state index contributed by atoms with van der Waals surface area (Å²) in [5.74, 6) is -2.33. The topological polar surface area (TPSA) is 134 Å². The van der Waals surface area contributed by atoms with Crippen LogP contribution >= 0.6 is 0 Å². The zero-order valence-corrected chi connectivity index (χ0v) is 20.1. The molecule has 0 fully saturated rings. The summed E-state index contributed by atoms with van der Waals surface area (Å²) in [5, 5.41) is 16.7. The standard InChI is InChI=1S/C26H31N3O6/c1-4-27-24(33)26(2,3)29-23(32)21(13-14-22(30)31)28-25(34)35-15-20-18-11-7-5-9-16(18)17-10-6-8-12-19(17)20/h5-12,20-21H,4,13-15H2,1-3H3,(H,27,33)(H,28,34)(H,29,32)(H,30,31). The van der Waals surface area contributed by atoms with Gasteiger partial charge in [0.25, 0.3) is 0 Å². The van der Waals surface area contributed by atoms with E-state index in [-0.39, 0.29) is 25.4 Å². The lowest BCUT2D eigenvalue weighted by molar-refractivity contribution is -0.138. The highest BCUT2D eigenvalue weighted by atomic mass is 16.5. The number of carboxylic acid groups (broad SMARTS) is 1. The van der Waals surface area contributed by atoms with Crippen molar-refractivity contribution in [2.45, 2.75) is 51.1 Å². The molecule has 35 heavy (non-hydrogen) atoms. The highest BCUT2D eigenvalue weighted by Gasteiger charge is 2.33. The molecule has 1 unspecified atom stereocenters. The van der Waals surface area contributed by atoms with Gasteiger partial charge in [-0.3, -0.25) is 14.4 Å². The Morgan fingerprint density at radius 3 is 2.11 bits per heavy atom. The maximum Gasteiger partial charge on any atom is 0.407 e. The first-order valence-corrected chi connectivity index (χ1v) is 11.6. The Morgan fingerprint density at radius 1 is 1.00 bits per heavy atom. The van der Waals surface area contributed by atoms with Crippen molar-refractivity contribution in [3.63, 3.8) is 0 Å².